The molecule has 0 spiro atoms. The van der Waals surface area contributed by atoms with E-state index >= 15 is 0 Å². The molecule has 4 nitrogen and oxygen atoms in total. The number of alkyl halides is 6. The Morgan fingerprint density at radius 3 is 2.35 bits per heavy atom. The summed E-state index contributed by atoms with van der Waals surface area (Å²) >= 11 is 5.70. The highest BCUT2D eigenvalue weighted by molar-refractivity contribution is 6.31. The minimum Gasteiger partial charge on any atom is -0.478 e. The summed E-state index contributed by atoms with van der Waals surface area (Å²) in [6.07, 6.45) is -9.44. The van der Waals surface area contributed by atoms with Crippen LogP contribution >= 0.6 is 11.6 Å². The zero-order chi connectivity index (χ0) is 23.8. The molecule has 168 valence electrons. The number of carbonyl (C=O) groups is 1. The van der Waals surface area contributed by atoms with Gasteiger partial charge in [-0.15, -0.1) is 0 Å². The Morgan fingerprint density at radius 2 is 1.87 bits per heavy atom. The maximum absolute atomic E-state index is 13.9. The first-order chi connectivity index (χ1) is 14.1. The van der Waals surface area contributed by atoms with Crippen LogP contribution in [0.4, 0.5) is 26.3 Å². The Bertz CT molecular complexity index is 1010. The van der Waals surface area contributed by atoms with Gasteiger partial charge < -0.3 is 9.94 Å². The van der Waals surface area contributed by atoms with Crippen LogP contribution in [-0.4, -0.2) is 34.7 Å². The molecule has 0 aromatic heterocycles. The molecule has 1 heterocycles. The van der Waals surface area contributed by atoms with E-state index in [1.165, 1.54) is 25.1 Å². The van der Waals surface area contributed by atoms with Gasteiger partial charge in [0.2, 0.25) is 0 Å². The molecule has 1 aromatic carbocycles. The molecule has 11 heteroatoms. The molecule has 1 aromatic rings. The van der Waals surface area contributed by atoms with Gasteiger partial charge in [0, 0.05) is 22.6 Å². The van der Waals surface area contributed by atoms with Crippen molar-refractivity contribution in [3.8, 4) is 0 Å². The summed E-state index contributed by atoms with van der Waals surface area (Å²) in [5.74, 6) is -1.20. The summed E-state index contributed by atoms with van der Waals surface area (Å²) in [7, 11) is 0. The highest BCUT2D eigenvalue weighted by Gasteiger charge is 2.62. The fraction of sp³-hybridized carbons (Fsp3) is 0.300. The molecule has 0 saturated carbocycles. The second-order valence-electron chi connectivity index (χ2n) is 6.85. The number of halogens is 7. The largest absolute Gasteiger partial charge is 0.478 e. The van der Waals surface area contributed by atoms with Gasteiger partial charge in [0.15, 0.2) is 0 Å². The number of carboxylic acid groups (broad SMARTS) is 1. The molecule has 1 aliphatic heterocycles. The van der Waals surface area contributed by atoms with E-state index in [4.69, 9.17) is 21.5 Å². The number of benzene rings is 1. The Hall–Kier alpha value is -2.75. The van der Waals surface area contributed by atoms with Gasteiger partial charge in [-0.2, -0.15) is 26.3 Å². The molecule has 31 heavy (non-hydrogen) atoms. The van der Waals surface area contributed by atoms with Crippen LogP contribution in [0.15, 0.2) is 58.3 Å². The molecule has 1 unspecified atom stereocenters. The predicted molar refractivity (Wildman–Crippen MR) is 102 cm³/mol. The van der Waals surface area contributed by atoms with Crippen molar-refractivity contribution in [3.63, 3.8) is 0 Å². The van der Waals surface area contributed by atoms with E-state index in [2.05, 4.69) is 11.7 Å². The monoisotopic (exact) mass is 467 g/mol. The minimum atomic E-state index is -5.03. The van der Waals surface area contributed by atoms with E-state index in [1.54, 1.807) is 0 Å². The van der Waals surface area contributed by atoms with Gasteiger partial charge in [-0.3, -0.25) is 0 Å². The topological polar surface area (TPSA) is 58.9 Å². The fourth-order valence-electron chi connectivity index (χ4n) is 2.79. The maximum Gasteiger partial charge on any atom is 0.435 e. The maximum atomic E-state index is 13.9. The molecule has 1 N–H and O–H groups in total. The number of carboxylic acids is 1. The molecule has 0 saturated heterocycles. The van der Waals surface area contributed by atoms with Gasteiger partial charge in [-0.1, -0.05) is 29.4 Å². The molecule has 0 fully saturated rings. The molecule has 0 aliphatic carbocycles. The first kappa shape index (κ1) is 24.5. The number of hydrogen-bond donors (Lipinski definition) is 1. The summed E-state index contributed by atoms with van der Waals surface area (Å²) in [5.41, 5.74) is -4.56. The van der Waals surface area contributed by atoms with Gasteiger partial charge >= 0.3 is 18.3 Å². The Balaban J connectivity index is 2.38. The lowest BCUT2D eigenvalue weighted by molar-refractivity contribution is -0.251. The quantitative estimate of drug-likeness (QED) is 0.408. The van der Waals surface area contributed by atoms with Crippen LogP contribution in [0.25, 0.3) is 0 Å². The van der Waals surface area contributed by atoms with Gasteiger partial charge in [-0.05, 0) is 49.3 Å². The van der Waals surface area contributed by atoms with Crippen LogP contribution in [0.3, 0.4) is 0 Å². The summed E-state index contributed by atoms with van der Waals surface area (Å²) in [5, 5.41) is 11.9. The first-order valence-electron chi connectivity index (χ1n) is 8.56. The Kier molecular flexibility index (Phi) is 6.65. The molecule has 1 aliphatic rings. The molecular weight excluding hydrogens is 452 g/mol. The second-order valence-corrected chi connectivity index (χ2v) is 7.28. The predicted octanol–water partition coefficient (Wildman–Crippen LogP) is 6.31. The number of oxime groups is 1. The van der Waals surface area contributed by atoms with E-state index in [9.17, 15) is 31.1 Å². The normalized spacial score (nSPS) is 20.4. The summed E-state index contributed by atoms with van der Waals surface area (Å²) in [4.78, 5) is 15.8. The highest BCUT2D eigenvalue weighted by atomic mass is 35.5. The number of nitrogens with zero attached hydrogens (tertiary/aromatic N) is 1. The van der Waals surface area contributed by atoms with E-state index in [0.717, 1.165) is 6.92 Å². The number of hydrogen-bond acceptors (Lipinski definition) is 3. The molecule has 0 bridgehead atoms. The zero-order valence-corrected chi connectivity index (χ0v) is 16.9. The van der Waals surface area contributed by atoms with Crippen molar-refractivity contribution in [2.24, 2.45) is 5.16 Å². The van der Waals surface area contributed by atoms with E-state index in [1.807, 2.05) is 0 Å². The number of aromatic carboxylic acids is 1. The van der Waals surface area contributed by atoms with Crippen LogP contribution in [0, 0.1) is 6.92 Å². The van der Waals surface area contributed by atoms with E-state index in [0.29, 0.717) is 17.7 Å². The van der Waals surface area contributed by atoms with Crippen LogP contribution in [0.5, 0.6) is 0 Å². The lowest BCUT2D eigenvalue weighted by Crippen LogP contribution is -2.46. The van der Waals surface area contributed by atoms with Crippen LogP contribution < -0.4 is 0 Å². The van der Waals surface area contributed by atoms with E-state index < -0.39 is 46.5 Å². The van der Waals surface area contributed by atoms with E-state index in [-0.39, 0.29) is 16.8 Å². The standard InChI is InChI=1S/C20H16ClF6NO3/c1-10-6-13(4-5-15(10)17(29)30)16-9-18(31-28-16,20(25,26)27)11(2)7-14(21)8-12(3)19(22,23)24/h4-8H,2,9H2,1,3H3,(H,29,30)/b12-8+,14-7+. The SMILES string of the molecule is C=C(/C=C(Cl)\C=C(/C)C(F)(F)F)C1(C(F)(F)F)CC(c2ccc(C(=O)O)c(C)c2)=NO1. The zero-order valence-electron chi connectivity index (χ0n) is 16.2. The smallest absolute Gasteiger partial charge is 0.435 e. The molecule has 0 radical (unpaired) electrons. The lowest BCUT2D eigenvalue weighted by atomic mass is 9.86. The Labute approximate surface area is 178 Å². The lowest BCUT2D eigenvalue weighted by Gasteiger charge is -2.29. The summed E-state index contributed by atoms with van der Waals surface area (Å²) in [6, 6.07) is 3.85. The molecule has 1 atom stereocenters. The third-order valence-corrected chi connectivity index (χ3v) is 4.83. The first-order valence-corrected chi connectivity index (χ1v) is 8.94. The highest BCUT2D eigenvalue weighted by Crippen LogP contribution is 2.46. The number of aryl methyl sites for hydroxylation is 1. The molecule has 0 amide bonds. The van der Waals surface area contributed by atoms with Crippen LogP contribution in [0.2, 0.25) is 0 Å². The van der Waals surface area contributed by atoms with Crippen molar-refractivity contribution in [3.05, 3.63) is 69.8 Å². The Morgan fingerprint density at radius 1 is 1.26 bits per heavy atom. The number of allylic oxidation sites excluding steroid dienone is 3. The summed E-state index contributed by atoms with van der Waals surface area (Å²) in [6.45, 7) is 5.49. The third-order valence-electron chi connectivity index (χ3n) is 4.61. The van der Waals surface area contributed by atoms with Crippen molar-refractivity contribution >= 4 is 23.3 Å². The van der Waals surface area contributed by atoms with Crippen molar-refractivity contribution in [1.29, 1.82) is 0 Å². The number of rotatable bonds is 5. The van der Waals surface area contributed by atoms with Gasteiger partial charge in [0.1, 0.15) is 0 Å². The van der Waals surface area contributed by atoms with Crippen LogP contribution in [0.1, 0.15) is 34.8 Å². The van der Waals surface area contributed by atoms with Gasteiger partial charge in [0.25, 0.3) is 5.60 Å². The minimum absolute atomic E-state index is 0.0312. The van der Waals surface area contributed by atoms with Gasteiger partial charge in [-0.25, -0.2) is 4.79 Å². The average Bonchev–Trinajstić information content (AvgIpc) is 3.07. The van der Waals surface area contributed by atoms with Crippen molar-refractivity contribution in [2.45, 2.75) is 38.2 Å². The molecular formula is C20H16ClF6NO3. The fourth-order valence-corrected chi connectivity index (χ4v) is 3.09. The van der Waals surface area contributed by atoms with Gasteiger partial charge in [0.05, 0.1) is 11.3 Å². The van der Waals surface area contributed by atoms with Crippen molar-refractivity contribution in [1.82, 2.24) is 0 Å². The molecule has 2 rings (SSSR count). The average molecular weight is 468 g/mol. The van der Waals surface area contributed by atoms with Crippen molar-refractivity contribution < 1.29 is 41.1 Å². The summed E-state index contributed by atoms with van der Waals surface area (Å²) < 4.78 is 79.6. The van der Waals surface area contributed by atoms with Crippen LogP contribution in [-0.2, 0) is 4.84 Å². The third kappa shape index (κ3) is 5.12. The second kappa shape index (κ2) is 8.41. The van der Waals surface area contributed by atoms with Crippen molar-refractivity contribution in [2.75, 3.05) is 0 Å².